The number of fused-ring (bicyclic) bond motifs is 2. The van der Waals surface area contributed by atoms with E-state index in [1.165, 1.54) is 6.07 Å². The predicted octanol–water partition coefficient (Wildman–Crippen LogP) is 4.73. The highest BCUT2D eigenvalue weighted by Gasteiger charge is 2.43. The fourth-order valence-corrected chi connectivity index (χ4v) is 5.79. The summed E-state index contributed by atoms with van der Waals surface area (Å²) in [6, 6.07) is 8.58. The van der Waals surface area contributed by atoms with Gasteiger partial charge in [0.25, 0.3) is 5.91 Å². The molecule has 11 heteroatoms. The van der Waals surface area contributed by atoms with Gasteiger partial charge >= 0.3 is 6.61 Å². The summed E-state index contributed by atoms with van der Waals surface area (Å²) in [6.07, 6.45) is 5.53. The number of rotatable bonds is 9. The van der Waals surface area contributed by atoms with Crippen LogP contribution in [0.1, 0.15) is 71.9 Å². The van der Waals surface area contributed by atoms with Crippen LogP contribution in [0.15, 0.2) is 34.9 Å². The van der Waals surface area contributed by atoms with Gasteiger partial charge in [-0.05, 0) is 63.6 Å². The molecule has 4 heterocycles. The molecule has 2 saturated heterocycles. The van der Waals surface area contributed by atoms with Crippen LogP contribution in [0.4, 0.5) is 14.7 Å². The maximum Gasteiger partial charge on any atom is 0.387 e. The quantitative estimate of drug-likeness (QED) is 0.426. The Bertz CT molecular complexity index is 1330. The summed E-state index contributed by atoms with van der Waals surface area (Å²) in [6.45, 7) is -0.846. The maximum absolute atomic E-state index is 13.0. The molecule has 1 aliphatic carbocycles. The Kier molecular flexibility index (Phi) is 6.46. The monoisotopic (exact) mass is 525 g/mol. The Morgan fingerprint density at radius 2 is 1.89 bits per heavy atom. The molecule has 2 N–H and O–H groups in total. The van der Waals surface area contributed by atoms with Crippen LogP contribution in [-0.4, -0.2) is 45.8 Å². The molecule has 0 radical (unpaired) electrons. The lowest BCUT2D eigenvalue weighted by molar-refractivity contribution is -0.0494. The van der Waals surface area contributed by atoms with Crippen molar-refractivity contribution in [3.63, 3.8) is 0 Å². The molecule has 6 rings (SSSR count). The fraction of sp³-hybridized carbons (Fsp3) is 0.481. The van der Waals surface area contributed by atoms with Crippen molar-refractivity contribution in [2.75, 3.05) is 4.90 Å². The second-order valence-electron chi connectivity index (χ2n) is 10.3. The molecule has 1 aromatic carbocycles. The van der Waals surface area contributed by atoms with E-state index in [1.54, 1.807) is 24.3 Å². The van der Waals surface area contributed by atoms with E-state index in [4.69, 9.17) is 19.7 Å². The van der Waals surface area contributed by atoms with Crippen molar-refractivity contribution in [3.05, 3.63) is 53.0 Å². The molecule has 3 fully saturated rings. The van der Waals surface area contributed by atoms with E-state index in [2.05, 4.69) is 20.0 Å². The van der Waals surface area contributed by atoms with E-state index in [1.807, 2.05) is 6.92 Å². The number of piperidine rings is 1. The molecule has 1 amide bonds. The first kappa shape index (κ1) is 24.7. The number of amides is 1. The van der Waals surface area contributed by atoms with Crippen LogP contribution in [0.25, 0.3) is 11.3 Å². The van der Waals surface area contributed by atoms with Gasteiger partial charge in [-0.3, -0.25) is 4.79 Å². The minimum absolute atomic E-state index is 0.00784. The van der Waals surface area contributed by atoms with Crippen molar-refractivity contribution in [1.29, 1.82) is 0 Å². The predicted molar refractivity (Wildman–Crippen MR) is 133 cm³/mol. The van der Waals surface area contributed by atoms with E-state index in [0.29, 0.717) is 22.9 Å². The Morgan fingerprint density at radius 1 is 1.16 bits per heavy atom. The first-order valence-corrected chi connectivity index (χ1v) is 13.0. The normalized spacial score (nSPS) is 22.7. The first-order chi connectivity index (χ1) is 18.4. The molecule has 38 heavy (non-hydrogen) atoms. The van der Waals surface area contributed by atoms with E-state index in [9.17, 15) is 13.6 Å². The summed E-state index contributed by atoms with van der Waals surface area (Å²) in [5, 5.41) is 4.26. The number of nitrogens with two attached hydrogens (primary N) is 1. The minimum atomic E-state index is -2.94. The Hall–Kier alpha value is -3.60. The van der Waals surface area contributed by atoms with Gasteiger partial charge in [0.05, 0.1) is 12.7 Å². The molecule has 3 aromatic rings. The molecule has 2 bridgehead atoms. The first-order valence-electron chi connectivity index (χ1n) is 13.0. The molecule has 2 aromatic heterocycles. The van der Waals surface area contributed by atoms with Gasteiger partial charge in [-0.25, -0.2) is 9.97 Å². The standard InChI is InChI=1S/C27H29F2N5O4/c1-14-10-21(25(30)35)32-27(31-14)34-16-8-9-17(34)12-18(11-16)36-13-20-23(33-38-24(20)15-6-7-15)19-4-2-3-5-22(19)37-26(28)29/h2-5,10,15-18,26H,6-9,11-13H2,1H3,(H2,30,35)/t16-,17+,18?. The largest absolute Gasteiger partial charge is 0.434 e. The summed E-state index contributed by atoms with van der Waals surface area (Å²) >= 11 is 0. The molecular formula is C27H29F2N5O4. The lowest BCUT2D eigenvalue weighted by Gasteiger charge is -2.39. The van der Waals surface area contributed by atoms with Crippen LogP contribution in [0.5, 0.6) is 5.75 Å². The van der Waals surface area contributed by atoms with Crippen molar-refractivity contribution in [3.8, 4) is 17.0 Å². The topological polar surface area (TPSA) is 117 Å². The molecule has 200 valence electrons. The highest BCUT2D eigenvalue weighted by atomic mass is 19.3. The van der Waals surface area contributed by atoms with E-state index < -0.39 is 12.5 Å². The third kappa shape index (κ3) is 4.82. The van der Waals surface area contributed by atoms with Crippen LogP contribution in [0, 0.1) is 6.92 Å². The lowest BCUT2D eigenvalue weighted by Crippen LogP contribution is -2.46. The number of aryl methyl sites for hydroxylation is 1. The molecule has 0 spiro atoms. The average Bonchev–Trinajstić information content (AvgIpc) is 3.58. The Labute approximate surface area is 218 Å². The zero-order valence-electron chi connectivity index (χ0n) is 21.0. The number of carbonyl (C=O) groups is 1. The lowest BCUT2D eigenvalue weighted by atomic mass is 9.99. The van der Waals surface area contributed by atoms with Crippen molar-refractivity contribution in [1.82, 2.24) is 15.1 Å². The van der Waals surface area contributed by atoms with E-state index >= 15 is 0 Å². The number of anilines is 1. The van der Waals surface area contributed by atoms with Gasteiger partial charge in [-0.2, -0.15) is 8.78 Å². The number of carbonyl (C=O) groups excluding carboxylic acids is 1. The number of hydrogen-bond acceptors (Lipinski definition) is 8. The van der Waals surface area contributed by atoms with Crippen molar-refractivity contribution >= 4 is 11.9 Å². The van der Waals surface area contributed by atoms with Gasteiger partial charge in [0.15, 0.2) is 0 Å². The second-order valence-corrected chi connectivity index (χ2v) is 10.3. The van der Waals surface area contributed by atoms with Crippen molar-refractivity contribution in [2.24, 2.45) is 5.73 Å². The smallest absolute Gasteiger partial charge is 0.387 e. The molecule has 9 nitrogen and oxygen atoms in total. The van der Waals surface area contributed by atoms with Gasteiger partial charge in [0, 0.05) is 34.8 Å². The fourth-order valence-electron chi connectivity index (χ4n) is 5.79. The number of halogens is 2. The molecule has 3 atom stereocenters. The molecular weight excluding hydrogens is 496 g/mol. The molecule has 3 aliphatic rings. The van der Waals surface area contributed by atoms with Gasteiger partial charge in [0.2, 0.25) is 5.95 Å². The van der Waals surface area contributed by atoms with Gasteiger partial charge in [-0.1, -0.05) is 17.3 Å². The van der Waals surface area contributed by atoms with Crippen LogP contribution < -0.4 is 15.4 Å². The third-order valence-corrected chi connectivity index (χ3v) is 7.60. The zero-order valence-corrected chi connectivity index (χ0v) is 21.0. The Morgan fingerprint density at radius 3 is 2.58 bits per heavy atom. The van der Waals surface area contributed by atoms with E-state index in [0.717, 1.165) is 49.8 Å². The Balaban J connectivity index is 1.21. The van der Waals surface area contributed by atoms with E-state index in [-0.39, 0.29) is 42.2 Å². The van der Waals surface area contributed by atoms with Crippen LogP contribution in [0.3, 0.4) is 0 Å². The summed E-state index contributed by atoms with van der Waals surface area (Å²) in [5.41, 5.74) is 8.12. The SMILES string of the molecule is Cc1cc(C(N)=O)nc(N2[C@@H]3CC[C@H]2CC(OCc2c(-c4ccccc4OC(F)F)noc2C2CC2)C3)n1. The zero-order chi connectivity index (χ0) is 26.4. The van der Waals surface area contributed by atoms with Gasteiger partial charge in [0.1, 0.15) is 22.9 Å². The summed E-state index contributed by atoms with van der Waals surface area (Å²) in [4.78, 5) is 23.0. The summed E-state index contributed by atoms with van der Waals surface area (Å²) in [5.74, 6) is 1.06. The van der Waals surface area contributed by atoms with Crippen molar-refractivity contribution in [2.45, 2.75) is 82.8 Å². The minimum Gasteiger partial charge on any atom is -0.434 e. The number of ether oxygens (including phenoxy) is 2. The average molecular weight is 526 g/mol. The molecule has 1 unspecified atom stereocenters. The van der Waals surface area contributed by atoms with Gasteiger partial charge in [-0.15, -0.1) is 0 Å². The number of para-hydroxylation sites is 1. The second kappa shape index (κ2) is 9.94. The van der Waals surface area contributed by atoms with Crippen LogP contribution in [-0.2, 0) is 11.3 Å². The number of primary amides is 1. The van der Waals surface area contributed by atoms with Gasteiger partial charge < -0.3 is 24.6 Å². The highest BCUT2D eigenvalue weighted by Crippen LogP contribution is 2.46. The number of hydrogen-bond donors (Lipinski definition) is 1. The van der Waals surface area contributed by atoms with Crippen LogP contribution in [0.2, 0.25) is 0 Å². The van der Waals surface area contributed by atoms with Crippen LogP contribution >= 0.6 is 0 Å². The molecule has 1 saturated carbocycles. The number of aromatic nitrogens is 3. The summed E-state index contributed by atoms with van der Waals surface area (Å²) in [7, 11) is 0. The highest BCUT2D eigenvalue weighted by molar-refractivity contribution is 5.91. The third-order valence-electron chi connectivity index (χ3n) is 7.60. The number of nitrogens with zero attached hydrogens (tertiary/aromatic N) is 4. The number of alkyl halides is 2. The maximum atomic E-state index is 13.0. The summed E-state index contributed by atoms with van der Waals surface area (Å²) < 4.78 is 43.0. The van der Waals surface area contributed by atoms with Crippen molar-refractivity contribution < 1.29 is 27.6 Å². The molecule has 2 aliphatic heterocycles. The number of benzene rings is 1.